The van der Waals surface area contributed by atoms with Crippen molar-refractivity contribution in [1.82, 2.24) is 9.97 Å². The van der Waals surface area contributed by atoms with E-state index in [9.17, 15) is 0 Å². The predicted molar refractivity (Wildman–Crippen MR) is 111 cm³/mol. The molecule has 2 heterocycles. The number of nitrogens with zero attached hydrogens (tertiary/aromatic N) is 3. The van der Waals surface area contributed by atoms with E-state index in [4.69, 9.17) is 26.8 Å². The van der Waals surface area contributed by atoms with Crippen molar-refractivity contribution in [3.63, 3.8) is 0 Å². The molecule has 1 saturated heterocycles. The number of hydrogen-bond acceptors (Lipinski definition) is 7. The molecule has 0 bridgehead atoms. The van der Waals surface area contributed by atoms with E-state index in [1.54, 1.807) is 6.20 Å². The summed E-state index contributed by atoms with van der Waals surface area (Å²) in [4.78, 5) is 11.0. The lowest BCUT2D eigenvalue weighted by Gasteiger charge is -2.28. The monoisotopic (exact) mass is 403 g/mol. The zero-order valence-electron chi connectivity index (χ0n) is 15.8. The lowest BCUT2D eigenvalue weighted by Crippen LogP contribution is -2.36. The number of ether oxygens (including phenoxy) is 2. The van der Waals surface area contributed by atoms with Gasteiger partial charge in [-0.05, 0) is 49.4 Å². The number of nitrogens with one attached hydrogen (secondary N) is 1. The number of morpholine rings is 1. The molecule has 2 fully saturated rings. The van der Waals surface area contributed by atoms with Crippen molar-refractivity contribution in [1.29, 1.82) is 0 Å². The van der Waals surface area contributed by atoms with Crippen molar-refractivity contribution in [2.45, 2.75) is 25.3 Å². The Balaban J connectivity index is 1.37. The minimum Gasteiger partial charge on any atom is -0.476 e. The second-order valence-corrected chi connectivity index (χ2v) is 7.78. The van der Waals surface area contributed by atoms with Gasteiger partial charge in [0.05, 0.1) is 26.0 Å². The highest BCUT2D eigenvalue weighted by molar-refractivity contribution is 6.31. The molecule has 2 aromatic rings. The minimum absolute atomic E-state index is 0.284. The van der Waals surface area contributed by atoms with Crippen molar-refractivity contribution >= 4 is 28.9 Å². The van der Waals surface area contributed by atoms with Crippen LogP contribution in [0.3, 0.4) is 0 Å². The molecule has 150 valence electrons. The highest BCUT2D eigenvalue weighted by atomic mass is 35.5. The summed E-state index contributed by atoms with van der Waals surface area (Å²) in [5.41, 5.74) is 8.06. The summed E-state index contributed by atoms with van der Waals surface area (Å²) >= 11 is 6.20. The molecule has 0 radical (unpaired) electrons. The summed E-state index contributed by atoms with van der Waals surface area (Å²) in [6.45, 7) is 3.96. The number of nitrogens with two attached hydrogens (primary N) is 1. The average Bonchev–Trinajstić information content (AvgIpc) is 3.15. The second-order valence-electron chi connectivity index (χ2n) is 7.37. The Morgan fingerprint density at radius 2 is 2.00 bits per heavy atom. The van der Waals surface area contributed by atoms with Crippen molar-refractivity contribution in [2.75, 3.05) is 43.1 Å². The molecule has 8 heteroatoms. The molecule has 3 N–H and O–H groups in total. The largest absolute Gasteiger partial charge is 0.476 e. The fourth-order valence-corrected chi connectivity index (χ4v) is 3.83. The first-order valence-corrected chi connectivity index (χ1v) is 10.2. The van der Waals surface area contributed by atoms with Crippen molar-refractivity contribution < 1.29 is 9.47 Å². The summed E-state index contributed by atoms with van der Waals surface area (Å²) in [5.74, 6) is 1.33. The maximum Gasteiger partial charge on any atom is 0.237 e. The summed E-state index contributed by atoms with van der Waals surface area (Å²) in [5, 5.41) is 3.63. The molecule has 2 aliphatic rings. The van der Waals surface area contributed by atoms with Gasteiger partial charge in [-0.3, -0.25) is 0 Å². The first kappa shape index (κ1) is 19.2. The molecule has 1 aromatic carbocycles. The van der Waals surface area contributed by atoms with E-state index in [0.29, 0.717) is 29.4 Å². The number of aromatic nitrogens is 2. The number of rotatable bonds is 6. The fraction of sp³-hybridized carbons (Fsp3) is 0.500. The molecule has 28 heavy (non-hydrogen) atoms. The number of anilines is 3. The van der Waals surface area contributed by atoms with E-state index in [-0.39, 0.29) is 6.04 Å². The third kappa shape index (κ3) is 4.84. The van der Waals surface area contributed by atoms with Gasteiger partial charge >= 0.3 is 0 Å². The summed E-state index contributed by atoms with van der Waals surface area (Å²) < 4.78 is 11.3. The lowest BCUT2D eigenvalue weighted by atomic mass is 10.1. The zero-order valence-corrected chi connectivity index (χ0v) is 16.6. The molecule has 7 nitrogen and oxygen atoms in total. The molecule has 1 saturated carbocycles. The van der Waals surface area contributed by atoms with Crippen LogP contribution in [0.25, 0.3) is 0 Å². The van der Waals surface area contributed by atoms with Crippen LogP contribution >= 0.6 is 11.6 Å². The Kier molecular flexibility index (Phi) is 6.14. The molecular weight excluding hydrogens is 378 g/mol. The highest BCUT2D eigenvalue weighted by Gasteiger charge is 2.22. The van der Waals surface area contributed by atoms with Crippen LogP contribution in [0.5, 0.6) is 5.88 Å². The average molecular weight is 404 g/mol. The molecule has 0 amide bonds. The maximum atomic E-state index is 6.20. The third-order valence-corrected chi connectivity index (χ3v) is 5.51. The topological polar surface area (TPSA) is 85.5 Å². The van der Waals surface area contributed by atoms with Gasteiger partial charge in [-0.25, -0.2) is 4.98 Å². The Hall–Kier alpha value is -2.09. The first-order valence-electron chi connectivity index (χ1n) is 9.78. The van der Waals surface area contributed by atoms with Crippen molar-refractivity contribution in [3.8, 4) is 5.88 Å². The highest BCUT2D eigenvalue weighted by Crippen LogP contribution is 2.28. The van der Waals surface area contributed by atoms with Crippen LogP contribution in [0.4, 0.5) is 17.3 Å². The maximum absolute atomic E-state index is 6.20. The van der Waals surface area contributed by atoms with Gasteiger partial charge in [-0.1, -0.05) is 11.6 Å². The molecule has 2 atom stereocenters. The third-order valence-electron chi connectivity index (χ3n) is 5.25. The normalized spacial score (nSPS) is 22.3. The van der Waals surface area contributed by atoms with Gasteiger partial charge in [0.2, 0.25) is 11.8 Å². The van der Waals surface area contributed by atoms with Crippen LogP contribution < -0.4 is 20.7 Å². The van der Waals surface area contributed by atoms with E-state index in [1.807, 2.05) is 12.1 Å². The first-order chi connectivity index (χ1) is 13.7. The van der Waals surface area contributed by atoms with Gasteiger partial charge < -0.3 is 25.4 Å². The zero-order chi connectivity index (χ0) is 19.3. The molecule has 1 aliphatic heterocycles. The van der Waals surface area contributed by atoms with E-state index >= 15 is 0 Å². The van der Waals surface area contributed by atoms with Gasteiger partial charge in [-0.2, -0.15) is 4.98 Å². The van der Waals surface area contributed by atoms with E-state index in [1.165, 1.54) is 5.69 Å². The minimum atomic E-state index is 0.284. The van der Waals surface area contributed by atoms with Crippen LogP contribution in [0, 0.1) is 5.92 Å². The van der Waals surface area contributed by atoms with Crippen LogP contribution in [0.1, 0.15) is 19.3 Å². The van der Waals surface area contributed by atoms with Crippen LogP contribution in [0.2, 0.25) is 5.02 Å². The second kappa shape index (κ2) is 8.94. The van der Waals surface area contributed by atoms with Gasteiger partial charge in [0.15, 0.2) is 0 Å². The van der Waals surface area contributed by atoms with Gasteiger partial charge in [-0.15, -0.1) is 0 Å². The number of benzene rings is 1. The Morgan fingerprint density at radius 1 is 1.21 bits per heavy atom. The Morgan fingerprint density at radius 3 is 2.71 bits per heavy atom. The van der Waals surface area contributed by atoms with Crippen molar-refractivity contribution in [2.24, 2.45) is 11.7 Å². The van der Waals surface area contributed by atoms with Crippen LogP contribution in [0.15, 0.2) is 30.5 Å². The van der Waals surface area contributed by atoms with Gasteiger partial charge in [0.1, 0.15) is 5.02 Å². The summed E-state index contributed by atoms with van der Waals surface area (Å²) in [6.07, 6.45) is 4.70. The molecule has 4 rings (SSSR count). The summed E-state index contributed by atoms with van der Waals surface area (Å²) in [7, 11) is 0. The Bertz CT molecular complexity index is 783. The number of hydrogen-bond donors (Lipinski definition) is 2. The van der Waals surface area contributed by atoms with Crippen LogP contribution in [-0.4, -0.2) is 48.9 Å². The lowest BCUT2D eigenvalue weighted by molar-refractivity contribution is 0.122. The quantitative estimate of drug-likeness (QED) is 0.765. The summed E-state index contributed by atoms with van der Waals surface area (Å²) in [6, 6.07) is 8.49. The number of halogens is 1. The van der Waals surface area contributed by atoms with E-state index < -0.39 is 0 Å². The Labute approximate surface area is 170 Å². The van der Waals surface area contributed by atoms with Gasteiger partial charge in [0, 0.05) is 30.5 Å². The molecular formula is C20H26ClN5O2. The SMILES string of the molecule is N[C@H]1CC[C@@H](COc2nc(Nc3ccc(N4CCOCC4)cc3)ncc2Cl)C1. The standard InChI is InChI=1S/C20H26ClN5O2/c21-18-12-23-20(25-19(18)28-13-14-1-2-15(22)11-14)24-16-3-5-17(6-4-16)26-7-9-27-10-8-26/h3-6,12,14-15H,1-2,7-11,13,22H2,(H,23,24,25)/t14-,15+/m1/s1. The molecule has 1 aliphatic carbocycles. The predicted octanol–water partition coefficient (Wildman–Crippen LogP) is 3.22. The van der Waals surface area contributed by atoms with Crippen molar-refractivity contribution in [3.05, 3.63) is 35.5 Å². The smallest absolute Gasteiger partial charge is 0.237 e. The molecule has 0 spiro atoms. The fourth-order valence-electron chi connectivity index (χ4n) is 3.68. The van der Waals surface area contributed by atoms with Gasteiger partial charge in [0.25, 0.3) is 0 Å². The van der Waals surface area contributed by atoms with E-state index in [0.717, 1.165) is 51.3 Å². The molecule has 0 unspecified atom stereocenters. The van der Waals surface area contributed by atoms with Crippen LogP contribution in [-0.2, 0) is 4.74 Å². The molecule has 1 aromatic heterocycles. The van der Waals surface area contributed by atoms with E-state index in [2.05, 4.69) is 32.3 Å².